The maximum atomic E-state index is 11.2. The predicted octanol–water partition coefficient (Wildman–Crippen LogP) is -0.511. The van der Waals surface area contributed by atoms with Crippen molar-refractivity contribution in [3.63, 3.8) is 0 Å². The van der Waals surface area contributed by atoms with Gasteiger partial charge in [0.2, 0.25) is 10.0 Å². The number of β-amino-alcohol motifs (C(OH)–C–C–N with tert-alkyl or cyclic N) is 1. The average molecular weight is 271 g/mol. The minimum absolute atomic E-state index is 0.379. The van der Waals surface area contributed by atoms with E-state index < -0.39 is 22.2 Å². The van der Waals surface area contributed by atoms with Crippen LogP contribution in [0.3, 0.4) is 0 Å². The average Bonchev–Trinajstić information content (AvgIpc) is 2.58. The van der Waals surface area contributed by atoms with Crippen molar-refractivity contribution in [1.82, 2.24) is 9.71 Å². The standard InChI is InChI=1S/C11H17N3O3S/c1-8-4-3-5-11(12-8)14-6-9(10(15)7-14)13-18(2,16)17/h3-5,9-10,13,15H,6-7H2,1-2H3/t9-,10-/m1/s1. The van der Waals surface area contributed by atoms with Gasteiger partial charge in [-0.05, 0) is 19.1 Å². The molecule has 2 rings (SSSR count). The fraction of sp³-hybridized carbons (Fsp3) is 0.545. The van der Waals surface area contributed by atoms with Crippen LogP contribution in [0.5, 0.6) is 0 Å². The number of rotatable bonds is 3. The number of hydrogen-bond acceptors (Lipinski definition) is 5. The van der Waals surface area contributed by atoms with Crippen molar-refractivity contribution in [2.24, 2.45) is 0 Å². The first kappa shape index (κ1) is 13.3. The van der Waals surface area contributed by atoms with Crippen molar-refractivity contribution in [2.75, 3.05) is 24.2 Å². The Balaban J connectivity index is 2.11. The molecule has 0 saturated carbocycles. The SMILES string of the molecule is Cc1cccc(N2C[C@@H](O)[C@H](NS(C)(=O)=O)C2)n1. The van der Waals surface area contributed by atoms with Crippen molar-refractivity contribution >= 4 is 15.8 Å². The third-order valence-electron chi connectivity index (χ3n) is 2.85. The lowest BCUT2D eigenvalue weighted by molar-refractivity contribution is 0.174. The largest absolute Gasteiger partial charge is 0.390 e. The topological polar surface area (TPSA) is 82.5 Å². The molecule has 0 radical (unpaired) electrons. The summed E-state index contributed by atoms with van der Waals surface area (Å²) in [6.07, 6.45) is 0.370. The van der Waals surface area contributed by atoms with E-state index in [-0.39, 0.29) is 0 Å². The van der Waals surface area contributed by atoms with Crippen LogP contribution in [0.25, 0.3) is 0 Å². The fourth-order valence-corrected chi connectivity index (χ4v) is 2.85. The summed E-state index contributed by atoms with van der Waals surface area (Å²) in [5.41, 5.74) is 0.890. The molecule has 1 aromatic rings. The molecule has 1 aromatic heterocycles. The summed E-state index contributed by atoms with van der Waals surface area (Å²) in [7, 11) is -3.31. The van der Waals surface area contributed by atoms with Gasteiger partial charge in [-0.3, -0.25) is 0 Å². The van der Waals surface area contributed by atoms with Crippen molar-refractivity contribution in [3.05, 3.63) is 23.9 Å². The van der Waals surface area contributed by atoms with E-state index in [2.05, 4.69) is 9.71 Å². The van der Waals surface area contributed by atoms with Gasteiger partial charge in [-0.25, -0.2) is 18.1 Å². The second-order valence-electron chi connectivity index (χ2n) is 4.61. The summed E-state index contributed by atoms with van der Waals surface area (Å²) >= 11 is 0. The van der Waals surface area contributed by atoms with Crippen molar-refractivity contribution < 1.29 is 13.5 Å². The zero-order valence-electron chi connectivity index (χ0n) is 10.4. The van der Waals surface area contributed by atoms with Gasteiger partial charge in [0.05, 0.1) is 18.4 Å². The molecular weight excluding hydrogens is 254 g/mol. The molecule has 0 aromatic carbocycles. The number of nitrogens with one attached hydrogen (secondary N) is 1. The van der Waals surface area contributed by atoms with E-state index in [4.69, 9.17) is 0 Å². The summed E-state index contributed by atoms with van der Waals surface area (Å²) in [5, 5.41) is 9.86. The lowest BCUT2D eigenvalue weighted by Crippen LogP contribution is -2.42. The Labute approximate surface area is 107 Å². The van der Waals surface area contributed by atoms with Crippen LogP contribution in [0.4, 0.5) is 5.82 Å². The quantitative estimate of drug-likeness (QED) is 0.773. The van der Waals surface area contributed by atoms with Crippen LogP contribution in [-0.2, 0) is 10.0 Å². The van der Waals surface area contributed by atoms with Gasteiger partial charge in [-0.2, -0.15) is 0 Å². The Morgan fingerprint density at radius 3 is 2.78 bits per heavy atom. The molecule has 0 amide bonds. The zero-order chi connectivity index (χ0) is 13.3. The van der Waals surface area contributed by atoms with E-state index >= 15 is 0 Å². The molecule has 2 atom stereocenters. The second kappa shape index (κ2) is 4.83. The van der Waals surface area contributed by atoms with Crippen LogP contribution in [0.15, 0.2) is 18.2 Å². The molecule has 7 heteroatoms. The highest BCUT2D eigenvalue weighted by atomic mass is 32.2. The summed E-state index contributed by atoms with van der Waals surface area (Å²) in [6, 6.07) is 5.15. The first-order valence-corrected chi connectivity index (χ1v) is 7.58. The van der Waals surface area contributed by atoms with Crippen LogP contribution in [0.1, 0.15) is 5.69 Å². The number of aromatic nitrogens is 1. The normalized spacial score (nSPS) is 24.5. The van der Waals surface area contributed by atoms with Crippen LogP contribution < -0.4 is 9.62 Å². The summed E-state index contributed by atoms with van der Waals surface area (Å²) in [6.45, 7) is 2.69. The highest BCUT2D eigenvalue weighted by Gasteiger charge is 2.33. The van der Waals surface area contributed by atoms with E-state index in [1.807, 2.05) is 30.0 Å². The molecule has 100 valence electrons. The smallest absolute Gasteiger partial charge is 0.209 e. The molecule has 18 heavy (non-hydrogen) atoms. The van der Waals surface area contributed by atoms with Gasteiger partial charge in [0.25, 0.3) is 0 Å². The first-order valence-electron chi connectivity index (χ1n) is 5.69. The third-order valence-corrected chi connectivity index (χ3v) is 3.58. The van der Waals surface area contributed by atoms with Crippen molar-refractivity contribution in [3.8, 4) is 0 Å². The zero-order valence-corrected chi connectivity index (χ0v) is 11.2. The van der Waals surface area contributed by atoms with E-state index in [1.165, 1.54) is 0 Å². The number of pyridine rings is 1. The Bertz CT molecular complexity index is 532. The number of aliphatic hydroxyl groups is 1. The van der Waals surface area contributed by atoms with E-state index in [1.54, 1.807) is 0 Å². The highest BCUT2D eigenvalue weighted by Crippen LogP contribution is 2.19. The molecule has 0 spiro atoms. The number of nitrogens with zero attached hydrogens (tertiary/aromatic N) is 2. The van der Waals surface area contributed by atoms with Gasteiger partial charge in [-0.1, -0.05) is 6.07 Å². The van der Waals surface area contributed by atoms with Gasteiger partial charge in [0.1, 0.15) is 5.82 Å². The van der Waals surface area contributed by atoms with Gasteiger partial charge in [0.15, 0.2) is 0 Å². The Kier molecular flexibility index (Phi) is 3.56. The number of anilines is 1. The molecule has 6 nitrogen and oxygen atoms in total. The van der Waals surface area contributed by atoms with Crippen molar-refractivity contribution in [2.45, 2.75) is 19.1 Å². The van der Waals surface area contributed by atoms with E-state index in [0.717, 1.165) is 17.8 Å². The minimum atomic E-state index is -3.31. The number of sulfonamides is 1. The lowest BCUT2D eigenvalue weighted by atomic mass is 10.2. The highest BCUT2D eigenvalue weighted by molar-refractivity contribution is 7.88. The van der Waals surface area contributed by atoms with Gasteiger partial charge < -0.3 is 10.0 Å². The van der Waals surface area contributed by atoms with E-state index in [9.17, 15) is 13.5 Å². The molecular formula is C11H17N3O3S. The Morgan fingerprint density at radius 1 is 1.44 bits per heavy atom. The molecule has 0 unspecified atom stereocenters. The summed E-state index contributed by atoms with van der Waals surface area (Å²) in [5.74, 6) is 0.756. The molecule has 1 aliphatic rings. The van der Waals surface area contributed by atoms with Gasteiger partial charge >= 0.3 is 0 Å². The molecule has 2 N–H and O–H groups in total. The molecule has 1 saturated heterocycles. The Hall–Kier alpha value is -1.18. The van der Waals surface area contributed by atoms with Crippen LogP contribution in [-0.4, -0.2) is 50.0 Å². The van der Waals surface area contributed by atoms with E-state index in [0.29, 0.717) is 13.1 Å². The third kappa shape index (κ3) is 3.18. The van der Waals surface area contributed by atoms with Crippen molar-refractivity contribution in [1.29, 1.82) is 0 Å². The maximum Gasteiger partial charge on any atom is 0.209 e. The van der Waals surface area contributed by atoms with Crippen LogP contribution in [0.2, 0.25) is 0 Å². The summed E-state index contributed by atoms with van der Waals surface area (Å²) in [4.78, 5) is 6.23. The fourth-order valence-electron chi connectivity index (χ4n) is 2.07. The molecule has 0 bridgehead atoms. The first-order chi connectivity index (χ1) is 8.35. The number of aryl methyl sites for hydroxylation is 1. The number of aliphatic hydroxyl groups excluding tert-OH is 1. The molecule has 1 fully saturated rings. The maximum absolute atomic E-state index is 11.2. The van der Waals surface area contributed by atoms with Crippen LogP contribution >= 0.6 is 0 Å². The Morgan fingerprint density at radius 2 is 2.17 bits per heavy atom. The molecule has 2 heterocycles. The predicted molar refractivity (Wildman–Crippen MR) is 69.0 cm³/mol. The minimum Gasteiger partial charge on any atom is -0.390 e. The monoisotopic (exact) mass is 271 g/mol. The summed E-state index contributed by atoms with van der Waals surface area (Å²) < 4.78 is 24.8. The van der Waals surface area contributed by atoms with Crippen LogP contribution in [0, 0.1) is 6.92 Å². The van der Waals surface area contributed by atoms with Gasteiger partial charge in [0, 0.05) is 18.8 Å². The second-order valence-corrected chi connectivity index (χ2v) is 6.39. The lowest BCUT2D eigenvalue weighted by Gasteiger charge is -2.17. The molecule has 0 aliphatic carbocycles. The molecule has 1 aliphatic heterocycles. The number of hydrogen-bond donors (Lipinski definition) is 2. The van der Waals surface area contributed by atoms with Gasteiger partial charge in [-0.15, -0.1) is 0 Å².